The third-order valence-electron chi connectivity index (χ3n) is 4.04. The van der Waals surface area contributed by atoms with Crippen molar-refractivity contribution in [2.75, 3.05) is 13.1 Å². The molecule has 2 aromatic rings. The highest BCUT2D eigenvalue weighted by Gasteiger charge is 2.38. The Balaban J connectivity index is 1.99. The fourth-order valence-electron chi connectivity index (χ4n) is 2.80. The van der Waals surface area contributed by atoms with E-state index in [1.165, 1.54) is 17.4 Å². The van der Waals surface area contributed by atoms with Crippen molar-refractivity contribution in [3.8, 4) is 10.4 Å². The fraction of sp³-hybridized carbons (Fsp3) is 0.375. The summed E-state index contributed by atoms with van der Waals surface area (Å²) in [4.78, 5) is -0.0698. The Morgan fingerprint density at radius 2 is 1.88 bits per heavy atom. The normalized spacial score (nSPS) is 16.9. The summed E-state index contributed by atoms with van der Waals surface area (Å²) in [5, 5.41) is 4.84. The van der Waals surface area contributed by atoms with E-state index in [9.17, 15) is 21.6 Å². The number of sulfonamides is 1. The van der Waals surface area contributed by atoms with Crippen molar-refractivity contribution >= 4 is 21.4 Å². The maximum absolute atomic E-state index is 13.5. The van der Waals surface area contributed by atoms with Gasteiger partial charge in [-0.3, -0.25) is 0 Å². The third-order valence-corrected chi connectivity index (χ3v) is 6.54. The van der Waals surface area contributed by atoms with Crippen molar-refractivity contribution in [2.45, 2.75) is 30.0 Å². The van der Waals surface area contributed by atoms with Gasteiger partial charge in [-0.15, -0.1) is 11.3 Å². The molecular weight excluding hydrogens is 373 g/mol. The predicted molar refractivity (Wildman–Crippen MR) is 91.0 cm³/mol. The molecule has 0 amide bonds. The lowest BCUT2D eigenvalue weighted by Gasteiger charge is -2.24. The molecule has 25 heavy (non-hydrogen) atoms. The number of hydrogen-bond acceptors (Lipinski definition) is 4. The van der Waals surface area contributed by atoms with Crippen LogP contribution in [0.4, 0.5) is 13.2 Å². The van der Waals surface area contributed by atoms with Gasteiger partial charge in [-0.2, -0.15) is 13.2 Å². The van der Waals surface area contributed by atoms with Gasteiger partial charge in [0.2, 0.25) is 10.0 Å². The zero-order valence-corrected chi connectivity index (χ0v) is 14.8. The van der Waals surface area contributed by atoms with Crippen LogP contribution in [0.15, 0.2) is 40.6 Å². The fourth-order valence-corrected chi connectivity index (χ4v) is 5.04. The van der Waals surface area contributed by atoms with E-state index in [0.29, 0.717) is 36.4 Å². The first kappa shape index (κ1) is 18.4. The zero-order chi connectivity index (χ0) is 18.1. The number of hydrogen-bond donors (Lipinski definition) is 2. The highest BCUT2D eigenvalue weighted by atomic mass is 32.2. The number of rotatable bonds is 4. The van der Waals surface area contributed by atoms with Crippen molar-refractivity contribution in [3.63, 3.8) is 0 Å². The van der Waals surface area contributed by atoms with E-state index in [-0.39, 0.29) is 6.04 Å². The molecule has 1 aliphatic rings. The van der Waals surface area contributed by atoms with E-state index in [4.69, 9.17) is 0 Å². The molecule has 0 aliphatic carbocycles. The predicted octanol–water partition coefficient (Wildman–Crippen LogP) is 3.46. The Bertz CT molecular complexity index is 828. The molecule has 0 radical (unpaired) electrons. The minimum absolute atomic E-state index is 0.350. The van der Waals surface area contributed by atoms with E-state index >= 15 is 0 Å². The second-order valence-electron chi connectivity index (χ2n) is 5.83. The molecule has 136 valence electrons. The number of halogens is 3. The van der Waals surface area contributed by atoms with E-state index in [2.05, 4.69) is 10.0 Å². The van der Waals surface area contributed by atoms with Crippen LogP contribution >= 0.6 is 11.3 Å². The largest absolute Gasteiger partial charge is 0.417 e. The molecule has 1 aromatic heterocycles. The molecule has 1 saturated heterocycles. The quantitative estimate of drug-likeness (QED) is 0.841. The SMILES string of the molecule is O=S(=O)(NC1CCNCC1)c1ccc(-c2cccs2)cc1C(F)(F)F. The molecule has 0 atom stereocenters. The van der Waals surface area contributed by atoms with E-state index < -0.39 is 26.7 Å². The average molecular weight is 390 g/mol. The molecule has 0 saturated carbocycles. The van der Waals surface area contributed by atoms with Crippen LogP contribution in [0.5, 0.6) is 0 Å². The van der Waals surface area contributed by atoms with Crippen LogP contribution in [-0.4, -0.2) is 27.5 Å². The van der Waals surface area contributed by atoms with Crippen LogP contribution in [0.2, 0.25) is 0 Å². The molecule has 9 heteroatoms. The van der Waals surface area contributed by atoms with E-state index in [0.717, 1.165) is 12.1 Å². The van der Waals surface area contributed by atoms with Gasteiger partial charge in [-0.1, -0.05) is 12.1 Å². The summed E-state index contributed by atoms with van der Waals surface area (Å²) in [6.07, 6.45) is -3.66. The van der Waals surface area contributed by atoms with Crippen LogP contribution in [0, 0.1) is 0 Å². The smallest absolute Gasteiger partial charge is 0.317 e. The molecule has 4 nitrogen and oxygen atoms in total. The van der Waals surface area contributed by atoms with Crippen LogP contribution < -0.4 is 10.0 Å². The second kappa shape index (κ2) is 7.06. The first-order chi connectivity index (χ1) is 11.8. The molecule has 0 bridgehead atoms. The first-order valence-electron chi connectivity index (χ1n) is 7.75. The van der Waals surface area contributed by atoms with Gasteiger partial charge < -0.3 is 5.32 Å². The van der Waals surface area contributed by atoms with E-state index in [1.54, 1.807) is 17.5 Å². The first-order valence-corrected chi connectivity index (χ1v) is 10.1. The average Bonchev–Trinajstić information content (AvgIpc) is 3.08. The lowest BCUT2D eigenvalue weighted by atomic mass is 10.1. The monoisotopic (exact) mass is 390 g/mol. The maximum Gasteiger partial charge on any atom is 0.417 e. The summed E-state index contributed by atoms with van der Waals surface area (Å²) in [6, 6.07) is 6.43. The number of thiophene rings is 1. The Kier molecular flexibility index (Phi) is 5.19. The summed E-state index contributed by atoms with van der Waals surface area (Å²) in [5.41, 5.74) is -0.789. The molecule has 0 spiro atoms. The molecule has 0 unspecified atom stereocenters. The van der Waals surface area contributed by atoms with Crippen molar-refractivity contribution < 1.29 is 21.6 Å². The van der Waals surface area contributed by atoms with Crippen molar-refractivity contribution in [2.24, 2.45) is 0 Å². The number of benzene rings is 1. The Hall–Kier alpha value is -1.42. The van der Waals surface area contributed by atoms with Crippen molar-refractivity contribution in [1.82, 2.24) is 10.0 Å². The van der Waals surface area contributed by atoms with Gasteiger partial charge in [0.25, 0.3) is 0 Å². The summed E-state index contributed by atoms with van der Waals surface area (Å²) >= 11 is 1.30. The number of nitrogens with one attached hydrogen (secondary N) is 2. The molecule has 1 fully saturated rings. The second-order valence-corrected chi connectivity index (χ2v) is 8.46. The number of piperidine rings is 1. The van der Waals surface area contributed by atoms with Crippen LogP contribution in [0.1, 0.15) is 18.4 Å². The lowest BCUT2D eigenvalue weighted by Crippen LogP contribution is -2.43. The van der Waals surface area contributed by atoms with Crippen LogP contribution in [-0.2, 0) is 16.2 Å². The van der Waals surface area contributed by atoms with Gasteiger partial charge in [0.15, 0.2) is 0 Å². The molecule has 2 heterocycles. The molecule has 2 N–H and O–H groups in total. The summed E-state index contributed by atoms with van der Waals surface area (Å²) in [6.45, 7) is 1.27. The molecule has 1 aliphatic heterocycles. The van der Waals surface area contributed by atoms with Gasteiger partial charge in [-0.25, -0.2) is 13.1 Å². The van der Waals surface area contributed by atoms with Crippen molar-refractivity contribution in [1.29, 1.82) is 0 Å². The minimum Gasteiger partial charge on any atom is -0.317 e. The summed E-state index contributed by atoms with van der Waals surface area (Å²) in [7, 11) is -4.25. The topological polar surface area (TPSA) is 58.2 Å². The summed E-state index contributed by atoms with van der Waals surface area (Å²) < 4.78 is 67.9. The van der Waals surface area contributed by atoms with Crippen LogP contribution in [0.3, 0.4) is 0 Å². The highest BCUT2D eigenvalue weighted by molar-refractivity contribution is 7.89. The Morgan fingerprint density at radius 3 is 2.48 bits per heavy atom. The molecule has 1 aromatic carbocycles. The Labute approximate surface area is 148 Å². The zero-order valence-electron chi connectivity index (χ0n) is 13.1. The standard InChI is InChI=1S/C16H17F3N2O2S2/c17-16(18,19)13-10-11(14-2-1-9-24-14)3-4-15(13)25(22,23)21-12-5-7-20-8-6-12/h1-4,9-10,12,20-21H,5-8H2. The molecular formula is C16H17F3N2O2S2. The highest BCUT2D eigenvalue weighted by Crippen LogP contribution is 2.38. The number of alkyl halides is 3. The van der Waals surface area contributed by atoms with Gasteiger partial charge in [0.05, 0.1) is 10.5 Å². The third kappa shape index (κ3) is 4.22. The van der Waals surface area contributed by atoms with Gasteiger partial charge in [0, 0.05) is 10.9 Å². The van der Waals surface area contributed by atoms with Crippen LogP contribution in [0.25, 0.3) is 10.4 Å². The molecule has 3 rings (SSSR count). The summed E-state index contributed by atoms with van der Waals surface area (Å²) in [5.74, 6) is 0. The maximum atomic E-state index is 13.5. The van der Waals surface area contributed by atoms with Gasteiger partial charge in [-0.05, 0) is 55.1 Å². The van der Waals surface area contributed by atoms with Crippen molar-refractivity contribution in [3.05, 3.63) is 41.3 Å². The minimum atomic E-state index is -4.76. The van der Waals surface area contributed by atoms with Gasteiger partial charge in [0.1, 0.15) is 0 Å². The van der Waals surface area contributed by atoms with Gasteiger partial charge >= 0.3 is 6.18 Å². The van der Waals surface area contributed by atoms with E-state index in [1.807, 2.05) is 0 Å². The Morgan fingerprint density at radius 1 is 1.16 bits per heavy atom. The lowest BCUT2D eigenvalue weighted by molar-refractivity contribution is -0.139.